The molecule has 3 rings (SSSR count). The second kappa shape index (κ2) is 10.7. The first-order valence-corrected chi connectivity index (χ1v) is 10.2. The molecule has 0 aliphatic carbocycles. The zero-order chi connectivity index (χ0) is 20.5. The molecule has 1 atom stereocenters. The van der Waals surface area contributed by atoms with Gasteiger partial charge in [-0.2, -0.15) is 0 Å². The van der Waals surface area contributed by atoms with Gasteiger partial charge in [0.1, 0.15) is 11.5 Å². The summed E-state index contributed by atoms with van der Waals surface area (Å²) < 4.78 is 11.6. The summed E-state index contributed by atoms with van der Waals surface area (Å²) >= 11 is 0. The van der Waals surface area contributed by atoms with Crippen LogP contribution in [0, 0.1) is 12.8 Å². The van der Waals surface area contributed by atoms with Gasteiger partial charge in [0.15, 0.2) is 5.96 Å². The molecule has 0 radical (unpaired) electrons. The fourth-order valence-corrected chi connectivity index (χ4v) is 3.16. The van der Waals surface area contributed by atoms with Crippen LogP contribution in [0.15, 0.2) is 47.5 Å². The Kier molecular flexibility index (Phi) is 7.76. The Balaban J connectivity index is 1.62. The van der Waals surface area contributed by atoms with Crippen molar-refractivity contribution in [3.05, 3.63) is 59.2 Å². The first-order valence-electron chi connectivity index (χ1n) is 10.2. The minimum absolute atomic E-state index is 0.263. The molecule has 1 fully saturated rings. The highest BCUT2D eigenvalue weighted by molar-refractivity contribution is 5.79. The van der Waals surface area contributed by atoms with E-state index in [0.29, 0.717) is 25.6 Å². The molecule has 1 aliphatic heterocycles. The summed E-state index contributed by atoms with van der Waals surface area (Å²) in [4.78, 5) is 4.64. The number of aromatic hydroxyl groups is 1. The predicted molar refractivity (Wildman–Crippen MR) is 115 cm³/mol. The van der Waals surface area contributed by atoms with Gasteiger partial charge in [0.2, 0.25) is 0 Å². The number of aryl methyl sites for hydroxylation is 1. The van der Waals surface area contributed by atoms with Crippen molar-refractivity contribution in [3.63, 3.8) is 0 Å². The third-order valence-corrected chi connectivity index (χ3v) is 4.87. The topological polar surface area (TPSA) is 75.1 Å². The number of phenols is 1. The molecule has 6 heteroatoms. The van der Waals surface area contributed by atoms with Crippen LogP contribution in [-0.2, 0) is 17.8 Å². The Morgan fingerprint density at radius 3 is 2.76 bits per heavy atom. The summed E-state index contributed by atoms with van der Waals surface area (Å²) in [6, 6.07) is 13.4. The lowest BCUT2D eigenvalue weighted by molar-refractivity contribution is 0.166. The Labute approximate surface area is 173 Å². The summed E-state index contributed by atoms with van der Waals surface area (Å²) in [5, 5.41) is 16.1. The number of ether oxygens (including phenoxy) is 2. The van der Waals surface area contributed by atoms with Crippen LogP contribution in [0.2, 0.25) is 0 Å². The zero-order valence-corrected chi connectivity index (χ0v) is 17.3. The number of guanidine groups is 1. The number of hydrogen-bond acceptors (Lipinski definition) is 4. The molecule has 6 nitrogen and oxygen atoms in total. The third kappa shape index (κ3) is 6.68. The van der Waals surface area contributed by atoms with Crippen LogP contribution in [-0.4, -0.2) is 37.4 Å². The summed E-state index contributed by atoms with van der Waals surface area (Å²) in [6.45, 7) is 8.36. The Morgan fingerprint density at radius 2 is 2.03 bits per heavy atom. The first-order chi connectivity index (χ1) is 14.1. The van der Waals surface area contributed by atoms with E-state index in [9.17, 15) is 5.11 Å². The van der Waals surface area contributed by atoms with Gasteiger partial charge < -0.3 is 25.2 Å². The van der Waals surface area contributed by atoms with E-state index in [1.165, 1.54) is 5.56 Å². The predicted octanol–water partition coefficient (Wildman–Crippen LogP) is 3.37. The van der Waals surface area contributed by atoms with Crippen LogP contribution in [0.3, 0.4) is 0 Å². The van der Waals surface area contributed by atoms with Gasteiger partial charge in [0.25, 0.3) is 0 Å². The molecule has 1 unspecified atom stereocenters. The molecule has 1 aliphatic rings. The van der Waals surface area contributed by atoms with Gasteiger partial charge in [-0.1, -0.05) is 24.3 Å². The number of phenolic OH excluding ortho intramolecular Hbond substituents is 1. The monoisotopic (exact) mass is 397 g/mol. The highest BCUT2D eigenvalue weighted by Gasteiger charge is 2.17. The molecule has 0 saturated carbocycles. The molecule has 0 amide bonds. The molecule has 0 spiro atoms. The minimum Gasteiger partial charge on any atom is -0.508 e. The number of nitrogens with one attached hydrogen (secondary N) is 2. The molecule has 3 N–H and O–H groups in total. The molecule has 29 heavy (non-hydrogen) atoms. The second-order valence-corrected chi connectivity index (χ2v) is 7.37. The zero-order valence-electron chi connectivity index (χ0n) is 17.3. The van der Waals surface area contributed by atoms with Crippen molar-refractivity contribution >= 4 is 5.96 Å². The van der Waals surface area contributed by atoms with Gasteiger partial charge >= 0.3 is 0 Å². The van der Waals surface area contributed by atoms with Crippen molar-refractivity contribution < 1.29 is 14.6 Å². The van der Waals surface area contributed by atoms with Gasteiger partial charge in [-0.05, 0) is 49.6 Å². The molecule has 1 saturated heterocycles. The van der Waals surface area contributed by atoms with Crippen molar-refractivity contribution in [1.29, 1.82) is 0 Å². The fraction of sp³-hybridized carbons (Fsp3) is 0.435. The Morgan fingerprint density at radius 1 is 1.21 bits per heavy atom. The lowest BCUT2D eigenvalue weighted by atomic mass is 10.1. The lowest BCUT2D eigenvalue weighted by Crippen LogP contribution is -2.36. The average Bonchev–Trinajstić information content (AvgIpc) is 3.24. The summed E-state index contributed by atoms with van der Waals surface area (Å²) in [7, 11) is 0. The van der Waals surface area contributed by atoms with Gasteiger partial charge in [-0.3, -0.25) is 0 Å². The largest absolute Gasteiger partial charge is 0.508 e. The highest BCUT2D eigenvalue weighted by Crippen LogP contribution is 2.22. The average molecular weight is 398 g/mol. The fourth-order valence-electron chi connectivity index (χ4n) is 3.16. The van der Waals surface area contributed by atoms with Gasteiger partial charge in [-0.25, -0.2) is 4.99 Å². The molecule has 156 valence electrons. The van der Waals surface area contributed by atoms with Crippen molar-refractivity contribution in [2.24, 2.45) is 10.9 Å². The first kappa shape index (κ1) is 21.0. The maximum absolute atomic E-state index is 9.41. The van der Waals surface area contributed by atoms with Crippen LogP contribution in [0.4, 0.5) is 0 Å². The number of rotatable bonds is 8. The van der Waals surface area contributed by atoms with E-state index in [1.54, 1.807) is 12.1 Å². The van der Waals surface area contributed by atoms with Crippen molar-refractivity contribution in [3.8, 4) is 11.5 Å². The minimum atomic E-state index is 0.263. The normalized spacial score (nSPS) is 16.6. The summed E-state index contributed by atoms with van der Waals surface area (Å²) in [5.74, 6) is 2.40. The molecule has 2 aromatic carbocycles. The van der Waals surface area contributed by atoms with Crippen molar-refractivity contribution in [1.82, 2.24) is 10.6 Å². The van der Waals surface area contributed by atoms with Gasteiger partial charge in [0, 0.05) is 31.2 Å². The van der Waals surface area contributed by atoms with Crippen LogP contribution in [0.5, 0.6) is 11.5 Å². The molecule has 0 bridgehead atoms. The van der Waals surface area contributed by atoms with E-state index in [1.807, 2.05) is 19.1 Å². The van der Waals surface area contributed by atoms with Crippen molar-refractivity contribution in [2.45, 2.75) is 33.4 Å². The quantitative estimate of drug-likeness (QED) is 0.470. The molecule has 0 aromatic heterocycles. The third-order valence-electron chi connectivity index (χ3n) is 4.87. The van der Waals surface area contributed by atoms with Gasteiger partial charge in [0.05, 0.1) is 19.8 Å². The van der Waals surface area contributed by atoms with Crippen LogP contribution in [0.25, 0.3) is 0 Å². The maximum atomic E-state index is 9.41. The number of nitrogens with zero attached hydrogens (tertiary/aromatic N) is 1. The highest BCUT2D eigenvalue weighted by atomic mass is 16.5. The van der Waals surface area contributed by atoms with Crippen LogP contribution in [0.1, 0.15) is 30.0 Å². The van der Waals surface area contributed by atoms with Crippen LogP contribution >= 0.6 is 0 Å². The second-order valence-electron chi connectivity index (χ2n) is 7.37. The SMILES string of the molecule is CCNC(=NCc1ccc(O)cc1)NCc1ccc(C)cc1OCC1CCOC1. The number of benzene rings is 2. The van der Waals surface area contributed by atoms with Crippen LogP contribution < -0.4 is 15.4 Å². The van der Waals surface area contributed by atoms with E-state index >= 15 is 0 Å². The Bertz CT molecular complexity index is 800. The maximum Gasteiger partial charge on any atom is 0.191 e. The van der Waals surface area contributed by atoms with E-state index in [-0.39, 0.29) is 5.75 Å². The van der Waals surface area contributed by atoms with E-state index in [0.717, 1.165) is 49.0 Å². The summed E-state index contributed by atoms with van der Waals surface area (Å²) in [5.41, 5.74) is 3.32. The number of hydrogen-bond donors (Lipinski definition) is 3. The summed E-state index contributed by atoms with van der Waals surface area (Å²) in [6.07, 6.45) is 1.06. The van der Waals surface area contributed by atoms with E-state index < -0.39 is 0 Å². The Hall–Kier alpha value is -2.73. The van der Waals surface area contributed by atoms with Crippen molar-refractivity contribution in [2.75, 3.05) is 26.4 Å². The molecular weight excluding hydrogens is 366 g/mol. The number of aliphatic imine (C=N–C) groups is 1. The standard InChI is InChI=1S/C23H31N3O3/c1-3-24-23(25-13-18-5-8-21(27)9-6-18)26-14-20-7-4-17(2)12-22(20)29-16-19-10-11-28-15-19/h4-9,12,19,27H,3,10-11,13-16H2,1-2H3,(H2,24,25,26). The molecule has 1 heterocycles. The lowest BCUT2D eigenvalue weighted by Gasteiger charge is -2.17. The molecule has 2 aromatic rings. The van der Waals surface area contributed by atoms with E-state index in [4.69, 9.17) is 9.47 Å². The van der Waals surface area contributed by atoms with Gasteiger partial charge in [-0.15, -0.1) is 0 Å². The smallest absolute Gasteiger partial charge is 0.191 e. The van der Waals surface area contributed by atoms with E-state index in [2.05, 4.69) is 40.7 Å². The molecular formula is C23H31N3O3.